The molecule has 0 aliphatic rings. The molecule has 1 N–H and O–H groups in total. The fourth-order valence-corrected chi connectivity index (χ4v) is 2.90. The van der Waals surface area contributed by atoms with E-state index in [4.69, 9.17) is 4.42 Å². The van der Waals surface area contributed by atoms with Crippen LogP contribution in [0.2, 0.25) is 0 Å². The van der Waals surface area contributed by atoms with E-state index in [2.05, 4.69) is 15.4 Å². The van der Waals surface area contributed by atoms with E-state index in [9.17, 15) is 9.65 Å². The van der Waals surface area contributed by atoms with Crippen molar-refractivity contribution in [3.63, 3.8) is 0 Å². The Kier molecular flexibility index (Phi) is 4.60. The second-order valence-electron chi connectivity index (χ2n) is 6.17. The van der Waals surface area contributed by atoms with Crippen LogP contribution in [0, 0.1) is 24.1 Å². The number of halogens is 1. The molecule has 0 unspecified atom stereocenters. The summed E-state index contributed by atoms with van der Waals surface area (Å²) in [5.74, 6) is 0.428. The van der Waals surface area contributed by atoms with E-state index in [1.54, 1.807) is 23.7 Å². The molecule has 0 atom stereocenters. The van der Waals surface area contributed by atoms with Gasteiger partial charge >= 0.3 is 0 Å². The van der Waals surface area contributed by atoms with E-state index >= 15 is 0 Å². The van der Waals surface area contributed by atoms with Gasteiger partial charge in [0.1, 0.15) is 11.9 Å². The Morgan fingerprint density at radius 3 is 2.61 bits per heavy atom. The maximum atomic E-state index is 13.3. The molecule has 7 heteroatoms. The third-order valence-corrected chi connectivity index (χ3v) is 4.21. The zero-order valence-electron chi connectivity index (χ0n) is 15.1. The molecular formula is C21H16FN5O. The van der Waals surface area contributed by atoms with Gasteiger partial charge in [0.2, 0.25) is 11.6 Å². The molecular weight excluding hydrogens is 357 g/mol. The van der Waals surface area contributed by atoms with Crippen LogP contribution in [0.1, 0.15) is 17.1 Å². The third kappa shape index (κ3) is 3.48. The summed E-state index contributed by atoms with van der Waals surface area (Å²) in [7, 11) is 0. The number of hydrogen-bond donors (Lipinski definition) is 1. The first kappa shape index (κ1) is 17.5. The first-order valence-electron chi connectivity index (χ1n) is 8.65. The molecule has 138 valence electrons. The molecule has 2 aromatic heterocycles. The summed E-state index contributed by atoms with van der Waals surface area (Å²) >= 11 is 0. The number of aryl methyl sites for hydroxylation is 1. The van der Waals surface area contributed by atoms with Gasteiger partial charge in [-0.2, -0.15) is 10.4 Å². The molecule has 0 radical (unpaired) electrons. The summed E-state index contributed by atoms with van der Waals surface area (Å²) in [6, 6.07) is 17.9. The fourth-order valence-electron chi connectivity index (χ4n) is 2.90. The average Bonchev–Trinajstić information content (AvgIpc) is 3.30. The standard InChI is InChI=1S/C21H16FN5O/c1-14-25-19(11-23)21(28-14)24-12-16-13-27(18-5-3-2-4-6-18)26-20(16)15-7-9-17(22)10-8-15/h2-10,13,24H,12H2,1H3. The highest BCUT2D eigenvalue weighted by atomic mass is 19.1. The lowest BCUT2D eigenvalue weighted by Gasteiger charge is -2.04. The zero-order chi connectivity index (χ0) is 19.5. The van der Waals surface area contributed by atoms with Crippen molar-refractivity contribution in [1.29, 1.82) is 5.26 Å². The van der Waals surface area contributed by atoms with Crippen molar-refractivity contribution in [3.05, 3.63) is 83.8 Å². The van der Waals surface area contributed by atoms with Crippen LogP contribution >= 0.6 is 0 Å². The minimum Gasteiger partial charge on any atom is -0.424 e. The third-order valence-electron chi connectivity index (χ3n) is 4.21. The van der Waals surface area contributed by atoms with E-state index < -0.39 is 0 Å². The number of aromatic nitrogens is 3. The van der Waals surface area contributed by atoms with Crippen LogP contribution in [0.15, 0.2) is 65.2 Å². The topological polar surface area (TPSA) is 79.7 Å². The number of hydrogen-bond acceptors (Lipinski definition) is 5. The highest BCUT2D eigenvalue weighted by Crippen LogP contribution is 2.26. The van der Waals surface area contributed by atoms with Crippen LogP contribution in [0.25, 0.3) is 16.9 Å². The lowest BCUT2D eigenvalue weighted by molar-refractivity contribution is 0.532. The molecule has 4 aromatic rings. The van der Waals surface area contributed by atoms with Crippen molar-refractivity contribution in [2.75, 3.05) is 5.32 Å². The molecule has 0 fully saturated rings. The summed E-state index contributed by atoms with van der Waals surface area (Å²) in [5, 5.41) is 17.0. The number of anilines is 1. The Balaban J connectivity index is 1.71. The molecule has 0 amide bonds. The molecule has 0 saturated carbocycles. The number of benzene rings is 2. The predicted octanol–water partition coefficient (Wildman–Crippen LogP) is 4.46. The van der Waals surface area contributed by atoms with Gasteiger partial charge in [-0.1, -0.05) is 18.2 Å². The van der Waals surface area contributed by atoms with E-state index in [1.165, 1.54) is 12.1 Å². The van der Waals surface area contributed by atoms with Crippen LogP contribution in [-0.4, -0.2) is 14.8 Å². The molecule has 0 spiro atoms. The molecule has 6 nitrogen and oxygen atoms in total. The summed E-state index contributed by atoms with van der Waals surface area (Å²) in [5.41, 5.74) is 3.49. The summed E-state index contributed by atoms with van der Waals surface area (Å²) in [6.45, 7) is 2.05. The zero-order valence-corrected chi connectivity index (χ0v) is 15.1. The van der Waals surface area contributed by atoms with Crippen molar-refractivity contribution in [2.24, 2.45) is 0 Å². The largest absolute Gasteiger partial charge is 0.424 e. The van der Waals surface area contributed by atoms with Crippen molar-refractivity contribution in [1.82, 2.24) is 14.8 Å². The second-order valence-corrected chi connectivity index (χ2v) is 6.17. The number of para-hydroxylation sites is 1. The van der Waals surface area contributed by atoms with Gasteiger partial charge in [0, 0.05) is 30.8 Å². The molecule has 0 aliphatic carbocycles. The van der Waals surface area contributed by atoms with E-state index in [0.29, 0.717) is 24.0 Å². The average molecular weight is 373 g/mol. The van der Waals surface area contributed by atoms with Gasteiger partial charge in [-0.25, -0.2) is 14.1 Å². The lowest BCUT2D eigenvalue weighted by Crippen LogP contribution is -2.00. The Labute approximate surface area is 160 Å². The number of nitrogens with one attached hydrogen (secondary N) is 1. The second kappa shape index (κ2) is 7.37. The Hall–Kier alpha value is -3.92. The van der Waals surface area contributed by atoms with Crippen LogP contribution in [0.3, 0.4) is 0 Å². The van der Waals surface area contributed by atoms with Crippen molar-refractivity contribution in [2.45, 2.75) is 13.5 Å². The first-order chi connectivity index (χ1) is 13.6. The van der Waals surface area contributed by atoms with Gasteiger partial charge < -0.3 is 9.73 Å². The number of nitrogens with zero attached hydrogens (tertiary/aromatic N) is 4. The van der Waals surface area contributed by atoms with Gasteiger partial charge in [0.05, 0.1) is 11.4 Å². The van der Waals surface area contributed by atoms with Gasteiger partial charge in [0.25, 0.3) is 0 Å². The lowest BCUT2D eigenvalue weighted by atomic mass is 10.1. The van der Waals surface area contributed by atoms with E-state index in [0.717, 1.165) is 16.8 Å². The van der Waals surface area contributed by atoms with Gasteiger partial charge in [-0.3, -0.25) is 0 Å². The summed E-state index contributed by atoms with van der Waals surface area (Å²) < 4.78 is 20.6. The molecule has 0 saturated heterocycles. The highest BCUT2D eigenvalue weighted by molar-refractivity contribution is 5.64. The SMILES string of the molecule is Cc1nc(C#N)c(NCc2cn(-c3ccccc3)nc2-c2ccc(F)cc2)o1. The smallest absolute Gasteiger partial charge is 0.232 e. The number of oxazole rings is 1. The van der Waals surface area contributed by atoms with Crippen LogP contribution in [0.5, 0.6) is 0 Å². The molecule has 2 heterocycles. The van der Waals surface area contributed by atoms with Crippen molar-refractivity contribution in [3.8, 4) is 23.0 Å². The fraction of sp³-hybridized carbons (Fsp3) is 0.0952. The van der Waals surface area contributed by atoms with Crippen LogP contribution in [-0.2, 0) is 6.54 Å². The van der Waals surface area contributed by atoms with Crippen LogP contribution in [0.4, 0.5) is 10.3 Å². The van der Waals surface area contributed by atoms with Gasteiger partial charge in [-0.15, -0.1) is 0 Å². The monoisotopic (exact) mass is 373 g/mol. The molecule has 28 heavy (non-hydrogen) atoms. The first-order valence-corrected chi connectivity index (χ1v) is 8.65. The minimum absolute atomic E-state index is 0.205. The molecule has 4 rings (SSSR count). The van der Waals surface area contributed by atoms with E-state index in [-0.39, 0.29) is 11.5 Å². The minimum atomic E-state index is -0.304. The maximum Gasteiger partial charge on any atom is 0.232 e. The van der Waals surface area contributed by atoms with Gasteiger partial charge in [0.15, 0.2) is 5.89 Å². The van der Waals surface area contributed by atoms with E-state index in [1.807, 2.05) is 42.6 Å². The summed E-state index contributed by atoms with van der Waals surface area (Å²) in [4.78, 5) is 4.03. The summed E-state index contributed by atoms with van der Waals surface area (Å²) in [6.07, 6.45) is 1.90. The Bertz CT molecular complexity index is 1140. The van der Waals surface area contributed by atoms with Crippen molar-refractivity contribution >= 4 is 5.88 Å². The van der Waals surface area contributed by atoms with Crippen molar-refractivity contribution < 1.29 is 8.81 Å². The predicted molar refractivity (Wildman–Crippen MR) is 102 cm³/mol. The molecule has 0 bridgehead atoms. The number of rotatable bonds is 5. The highest BCUT2D eigenvalue weighted by Gasteiger charge is 2.15. The van der Waals surface area contributed by atoms with Crippen LogP contribution < -0.4 is 5.32 Å². The molecule has 0 aliphatic heterocycles. The number of nitriles is 1. The van der Waals surface area contributed by atoms with Gasteiger partial charge in [-0.05, 0) is 36.4 Å². The maximum absolute atomic E-state index is 13.3. The quantitative estimate of drug-likeness (QED) is 0.559. The normalized spacial score (nSPS) is 10.6. The Morgan fingerprint density at radius 1 is 1.14 bits per heavy atom. The molecule has 2 aromatic carbocycles. The Morgan fingerprint density at radius 2 is 1.89 bits per heavy atom.